The third-order valence-corrected chi connectivity index (χ3v) is 4.21. The average molecular weight is 255 g/mol. The standard InChI is InChI=1S/C14H25NO3/c1-11(14(17)15-8-2-3-9-15)18-13-6-4-12(10-16)5-7-13/h11-13,16H,2-10H2,1H3. The highest BCUT2D eigenvalue weighted by atomic mass is 16.5. The molecule has 0 aromatic carbocycles. The molecule has 1 N–H and O–H groups in total. The molecule has 1 unspecified atom stereocenters. The van der Waals surface area contributed by atoms with Gasteiger partial charge in [0.15, 0.2) is 0 Å². The highest BCUT2D eigenvalue weighted by molar-refractivity contribution is 5.80. The number of aliphatic hydroxyl groups excluding tert-OH is 1. The first-order chi connectivity index (χ1) is 8.70. The molecule has 2 aliphatic rings. The largest absolute Gasteiger partial charge is 0.396 e. The van der Waals surface area contributed by atoms with Crippen molar-refractivity contribution in [1.29, 1.82) is 0 Å². The van der Waals surface area contributed by atoms with Crippen LogP contribution in [0.2, 0.25) is 0 Å². The number of aliphatic hydroxyl groups is 1. The number of carbonyl (C=O) groups is 1. The Labute approximate surface area is 109 Å². The molecular formula is C14H25NO3. The van der Waals surface area contributed by atoms with Crippen LogP contribution in [0.4, 0.5) is 0 Å². The quantitative estimate of drug-likeness (QED) is 0.829. The Balaban J connectivity index is 1.73. The molecule has 1 atom stereocenters. The molecular weight excluding hydrogens is 230 g/mol. The third-order valence-electron chi connectivity index (χ3n) is 4.21. The van der Waals surface area contributed by atoms with Crippen LogP contribution in [-0.2, 0) is 9.53 Å². The predicted octanol–water partition coefficient (Wildman–Crippen LogP) is 1.57. The maximum absolute atomic E-state index is 12.1. The Morgan fingerprint density at radius 2 is 1.89 bits per heavy atom. The second-order valence-corrected chi connectivity index (χ2v) is 5.64. The lowest BCUT2D eigenvalue weighted by Gasteiger charge is -2.30. The molecule has 1 saturated heterocycles. The van der Waals surface area contributed by atoms with Crippen molar-refractivity contribution in [2.75, 3.05) is 19.7 Å². The zero-order valence-electron chi connectivity index (χ0n) is 11.3. The normalized spacial score (nSPS) is 30.4. The molecule has 1 saturated carbocycles. The maximum atomic E-state index is 12.1. The predicted molar refractivity (Wildman–Crippen MR) is 69.2 cm³/mol. The van der Waals surface area contributed by atoms with Gasteiger partial charge in [-0.3, -0.25) is 4.79 Å². The molecule has 4 nitrogen and oxygen atoms in total. The van der Waals surface area contributed by atoms with Gasteiger partial charge >= 0.3 is 0 Å². The number of ether oxygens (including phenoxy) is 1. The molecule has 104 valence electrons. The zero-order valence-corrected chi connectivity index (χ0v) is 11.3. The summed E-state index contributed by atoms with van der Waals surface area (Å²) < 4.78 is 5.89. The molecule has 1 heterocycles. The van der Waals surface area contributed by atoms with Crippen LogP contribution in [0.25, 0.3) is 0 Å². The van der Waals surface area contributed by atoms with Gasteiger partial charge in [-0.25, -0.2) is 0 Å². The average Bonchev–Trinajstić information content (AvgIpc) is 2.92. The Kier molecular flexibility index (Phi) is 5.01. The van der Waals surface area contributed by atoms with Crippen molar-refractivity contribution >= 4 is 5.91 Å². The van der Waals surface area contributed by atoms with Gasteiger partial charge in [0, 0.05) is 19.7 Å². The van der Waals surface area contributed by atoms with Crippen LogP contribution in [-0.4, -0.2) is 47.8 Å². The number of amides is 1. The van der Waals surface area contributed by atoms with E-state index in [4.69, 9.17) is 9.84 Å². The van der Waals surface area contributed by atoms with E-state index in [1.807, 2.05) is 11.8 Å². The highest BCUT2D eigenvalue weighted by Crippen LogP contribution is 2.26. The van der Waals surface area contributed by atoms with Crippen LogP contribution < -0.4 is 0 Å². The van der Waals surface area contributed by atoms with Crippen molar-refractivity contribution < 1.29 is 14.6 Å². The van der Waals surface area contributed by atoms with Gasteiger partial charge in [0.25, 0.3) is 5.91 Å². The van der Waals surface area contributed by atoms with Gasteiger partial charge in [0.2, 0.25) is 0 Å². The summed E-state index contributed by atoms with van der Waals surface area (Å²) in [4.78, 5) is 14.0. The third kappa shape index (κ3) is 3.45. The highest BCUT2D eigenvalue weighted by Gasteiger charge is 2.28. The van der Waals surface area contributed by atoms with Gasteiger partial charge in [0.1, 0.15) is 6.10 Å². The van der Waals surface area contributed by atoms with Gasteiger partial charge in [0.05, 0.1) is 6.10 Å². The van der Waals surface area contributed by atoms with Crippen LogP contribution in [0.5, 0.6) is 0 Å². The van der Waals surface area contributed by atoms with E-state index in [1.165, 1.54) is 0 Å². The maximum Gasteiger partial charge on any atom is 0.251 e. The lowest BCUT2D eigenvalue weighted by Crippen LogP contribution is -2.39. The first-order valence-corrected chi connectivity index (χ1v) is 7.26. The van der Waals surface area contributed by atoms with E-state index < -0.39 is 0 Å². The zero-order chi connectivity index (χ0) is 13.0. The molecule has 4 heteroatoms. The fourth-order valence-electron chi connectivity index (χ4n) is 2.99. The van der Waals surface area contributed by atoms with Crippen LogP contribution in [0, 0.1) is 5.92 Å². The molecule has 0 radical (unpaired) electrons. The van der Waals surface area contributed by atoms with Crippen molar-refractivity contribution in [2.45, 2.75) is 57.7 Å². The van der Waals surface area contributed by atoms with E-state index in [2.05, 4.69) is 0 Å². The number of nitrogens with zero attached hydrogens (tertiary/aromatic N) is 1. The molecule has 1 amide bonds. The monoisotopic (exact) mass is 255 g/mol. The van der Waals surface area contributed by atoms with E-state index in [-0.39, 0.29) is 24.7 Å². The Bertz CT molecular complexity index is 268. The Morgan fingerprint density at radius 3 is 2.44 bits per heavy atom. The SMILES string of the molecule is CC(OC1CCC(CO)CC1)C(=O)N1CCCC1. The summed E-state index contributed by atoms with van der Waals surface area (Å²) in [5, 5.41) is 9.09. The molecule has 1 aliphatic carbocycles. The number of rotatable bonds is 4. The summed E-state index contributed by atoms with van der Waals surface area (Å²) in [5.41, 5.74) is 0. The summed E-state index contributed by atoms with van der Waals surface area (Å²) in [7, 11) is 0. The summed E-state index contributed by atoms with van der Waals surface area (Å²) in [6.45, 7) is 3.95. The fraction of sp³-hybridized carbons (Fsp3) is 0.929. The molecule has 2 rings (SSSR count). The summed E-state index contributed by atoms with van der Waals surface area (Å²) in [5.74, 6) is 0.589. The number of likely N-dealkylation sites (tertiary alicyclic amines) is 1. The van der Waals surface area contributed by atoms with E-state index in [1.54, 1.807) is 0 Å². The minimum absolute atomic E-state index is 0.150. The molecule has 18 heavy (non-hydrogen) atoms. The van der Waals surface area contributed by atoms with Crippen molar-refractivity contribution in [3.05, 3.63) is 0 Å². The number of hydrogen-bond acceptors (Lipinski definition) is 3. The van der Waals surface area contributed by atoms with Gasteiger partial charge in [-0.1, -0.05) is 0 Å². The van der Waals surface area contributed by atoms with Crippen LogP contribution in [0.3, 0.4) is 0 Å². The number of carbonyl (C=O) groups excluding carboxylic acids is 1. The van der Waals surface area contributed by atoms with E-state index in [0.717, 1.165) is 51.6 Å². The van der Waals surface area contributed by atoms with Crippen molar-refractivity contribution in [3.8, 4) is 0 Å². The second kappa shape index (κ2) is 6.53. The second-order valence-electron chi connectivity index (χ2n) is 5.64. The van der Waals surface area contributed by atoms with E-state index in [9.17, 15) is 4.79 Å². The smallest absolute Gasteiger partial charge is 0.251 e. The minimum Gasteiger partial charge on any atom is -0.396 e. The molecule has 0 spiro atoms. The number of hydrogen-bond donors (Lipinski definition) is 1. The summed E-state index contributed by atoms with van der Waals surface area (Å²) >= 11 is 0. The topological polar surface area (TPSA) is 49.8 Å². The Morgan fingerprint density at radius 1 is 1.28 bits per heavy atom. The van der Waals surface area contributed by atoms with Crippen molar-refractivity contribution in [1.82, 2.24) is 4.90 Å². The van der Waals surface area contributed by atoms with Gasteiger partial charge in [-0.15, -0.1) is 0 Å². The van der Waals surface area contributed by atoms with Gasteiger partial charge in [-0.2, -0.15) is 0 Å². The van der Waals surface area contributed by atoms with E-state index >= 15 is 0 Å². The molecule has 1 aliphatic heterocycles. The first kappa shape index (κ1) is 13.8. The van der Waals surface area contributed by atoms with Crippen molar-refractivity contribution in [2.24, 2.45) is 5.92 Å². The molecule has 0 bridgehead atoms. The first-order valence-electron chi connectivity index (χ1n) is 7.26. The summed E-state index contributed by atoms with van der Waals surface area (Å²) in [6, 6.07) is 0. The lowest BCUT2D eigenvalue weighted by molar-refractivity contribution is -0.146. The molecule has 0 aromatic rings. The van der Waals surface area contributed by atoms with Crippen molar-refractivity contribution in [3.63, 3.8) is 0 Å². The van der Waals surface area contributed by atoms with Gasteiger partial charge in [-0.05, 0) is 51.4 Å². The fourth-order valence-corrected chi connectivity index (χ4v) is 2.99. The van der Waals surface area contributed by atoms with Crippen LogP contribution >= 0.6 is 0 Å². The molecule has 0 aromatic heterocycles. The Hall–Kier alpha value is -0.610. The van der Waals surface area contributed by atoms with E-state index in [0.29, 0.717) is 5.92 Å². The van der Waals surface area contributed by atoms with Crippen LogP contribution in [0.15, 0.2) is 0 Å². The van der Waals surface area contributed by atoms with Gasteiger partial charge < -0.3 is 14.7 Å². The lowest BCUT2D eigenvalue weighted by atomic mass is 9.88. The summed E-state index contributed by atoms with van der Waals surface area (Å²) in [6.07, 6.45) is 6.14. The van der Waals surface area contributed by atoms with Crippen LogP contribution in [0.1, 0.15) is 45.4 Å². The molecule has 2 fully saturated rings. The minimum atomic E-state index is -0.307.